The molecule has 4 aromatic rings. The number of anilines is 1. The first-order valence-electron chi connectivity index (χ1n) is 9.27. The average Bonchev–Trinajstić information content (AvgIpc) is 3.14. The van der Waals surface area contributed by atoms with Gasteiger partial charge in [0.1, 0.15) is 17.5 Å². The Labute approximate surface area is 178 Å². The normalized spacial score (nSPS) is 10.9. The monoisotopic (exact) mass is 441 g/mol. The summed E-state index contributed by atoms with van der Waals surface area (Å²) in [6.45, 7) is 0.877. The number of ether oxygens (including phenoxy) is 1. The van der Waals surface area contributed by atoms with E-state index in [1.165, 1.54) is 30.3 Å². The van der Waals surface area contributed by atoms with Gasteiger partial charge in [0, 0.05) is 11.6 Å². The van der Waals surface area contributed by atoms with Crippen LogP contribution in [0.5, 0.6) is 0 Å². The van der Waals surface area contributed by atoms with E-state index < -0.39 is 35.9 Å². The number of nitrogens with one attached hydrogen (secondary N) is 1. The first-order valence-corrected chi connectivity index (χ1v) is 9.27. The smallest absolute Gasteiger partial charge is 0.339 e. The summed E-state index contributed by atoms with van der Waals surface area (Å²) in [7, 11) is 0. The Bertz CT molecular complexity index is 1340. The van der Waals surface area contributed by atoms with E-state index in [0.717, 1.165) is 12.1 Å². The third kappa shape index (κ3) is 4.29. The molecular weight excluding hydrogens is 427 g/mol. The molecule has 0 radical (unpaired) electrons. The molecule has 0 aliphatic rings. The summed E-state index contributed by atoms with van der Waals surface area (Å²) in [5.74, 6) is -3.90. The number of hydrogen-bond donors (Lipinski definition) is 1. The third-order valence-corrected chi connectivity index (χ3v) is 4.52. The highest BCUT2D eigenvalue weighted by molar-refractivity contribution is 6.05. The quantitative estimate of drug-likeness (QED) is 0.461. The van der Waals surface area contributed by atoms with Crippen LogP contribution in [0.3, 0.4) is 0 Å². The summed E-state index contributed by atoms with van der Waals surface area (Å²) >= 11 is 0. The summed E-state index contributed by atoms with van der Waals surface area (Å²) in [5, 5.41) is 6.29. The molecule has 0 spiro atoms. The number of aryl methyl sites for hydroxylation is 1. The molecule has 1 N–H and O–H groups in total. The van der Waals surface area contributed by atoms with Crippen molar-refractivity contribution in [3.8, 4) is 11.3 Å². The molecule has 0 saturated carbocycles. The van der Waals surface area contributed by atoms with Crippen LogP contribution in [0.2, 0.25) is 0 Å². The molecule has 0 bridgehead atoms. The number of aromatic nitrogens is 2. The van der Waals surface area contributed by atoms with Crippen LogP contribution in [0.4, 0.5) is 18.9 Å². The summed E-state index contributed by atoms with van der Waals surface area (Å²) in [6, 6.07) is 9.49. The molecule has 2 heterocycles. The van der Waals surface area contributed by atoms with Crippen molar-refractivity contribution >= 4 is 28.7 Å². The van der Waals surface area contributed by atoms with Gasteiger partial charge in [-0.2, -0.15) is 0 Å². The van der Waals surface area contributed by atoms with Crippen molar-refractivity contribution in [3.63, 3.8) is 0 Å². The Morgan fingerprint density at radius 2 is 1.75 bits per heavy atom. The number of nitrogens with zero attached hydrogens (tertiary/aromatic N) is 2. The first-order chi connectivity index (χ1) is 15.3. The molecule has 0 aliphatic carbocycles. The second-order valence-corrected chi connectivity index (χ2v) is 6.76. The fourth-order valence-electron chi connectivity index (χ4n) is 3.01. The van der Waals surface area contributed by atoms with Crippen molar-refractivity contribution in [1.82, 2.24) is 10.1 Å². The van der Waals surface area contributed by atoms with Gasteiger partial charge in [0.25, 0.3) is 11.6 Å². The molecule has 4 rings (SSSR count). The fourth-order valence-corrected chi connectivity index (χ4v) is 3.01. The van der Waals surface area contributed by atoms with E-state index in [2.05, 4.69) is 15.5 Å². The Morgan fingerprint density at radius 1 is 1.03 bits per heavy atom. The van der Waals surface area contributed by atoms with Crippen LogP contribution >= 0.6 is 0 Å². The van der Waals surface area contributed by atoms with E-state index in [9.17, 15) is 22.8 Å². The molecule has 0 atom stereocenters. The van der Waals surface area contributed by atoms with E-state index in [-0.39, 0.29) is 17.0 Å². The number of fused-ring (bicyclic) bond motifs is 1. The standard InChI is InChI=1S/C22H14F3N3O4/c1-11-20-15(9-18(27-21(20)32-28-11)12-2-4-13(23)5-3-12)22(30)31-10-19(29)26-17-7-6-14(24)8-16(17)25/h2-9H,10H2,1H3,(H,26,29). The van der Waals surface area contributed by atoms with E-state index in [0.29, 0.717) is 28.4 Å². The number of benzene rings is 2. The van der Waals surface area contributed by atoms with Crippen molar-refractivity contribution < 1.29 is 32.0 Å². The number of halogens is 3. The summed E-state index contributed by atoms with van der Waals surface area (Å²) in [4.78, 5) is 29.1. The van der Waals surface area contributed by atoms with E-state index in [1.54, 1.807) is 6.92 Å². The maximum absolute atomic E-state index is 13.7. The van der Waals surface area contributed by atoms with Gasteiger partial charge in [0.05, 0.1) is 28.0 Å². The molecule has 0 fully saturated rings. The van der Waals surface area contributed by atoms with Crippen molar-refractivity contribution in [2.45, 2.75) is 6.92 Å². The Kier molecular flexibility index (Phi) is 5.59. The topological polar surface area (TPSA) is 94.3 Å². The molecule has 10 heteroatoms. The van der Waals surface area contributed by atoms with Crippen LogP contribution in [0.15, 0.2) is 53.1 Å². The van der Waals surface area contributed by atoms with Gasteiger partial charge in [-0.3, -0.25) is 4.79 Å². The number of rotatable bonds is 5. The zero-order chi connectivity index (χ0) is 22.8. The first kappa shape index (κ1) is 21.0. The van der Waals surface area contributed by atoms with E-state index in [1.807, 2.05) is 0 Å². The minimum Gasteiger partial charge on any atom is -0.452 e. The Balaban J connectivity index is 1.56. The molecule has 2 aromatic carbocycles. The molecular formula is C22H14F3N3O4. The second-order valence-electron chi connectivity index (χ2n) is 6.76. The molecule has 0 saturated heterocycles. The lowest BCUT2D eigenvalue weighted by molar-refractivity contribution is -0.119. The predicted molar refractivity (Wildman–Crippen MR) is 107 cm³/mol. The predicted octanol–water partition coefficient (Wildman–Crippen LogP) is 4.41. The zero-order valence-corrected chi connectivity index (χ0v) is 16.5. The van der Waals surface area contributed by atoms with Crippen molar-refractivity contribution in [2.75, 3.05) is 11.9 Å². The largest absolute Gasteiger partial charge is 0.452 e. The number of hydrogen-bond acceptors (Lipinski definition) is 6. The van der Waals surface area contributed by atoms with Gasteiger partial charge in [-0.15, -0.1) is 0 Å². The highest BCUT2D eigenvalue weighted by atomic mass is 19.1. The fraction of sp³-hybridized carbons (Fsp3) is 0.0909. The van der Waals surface area contributed by atoms with Gasteiger partial charge >= 0.3 is 5.97 Å². The van der Waals surface area contributed by atoms with E-state index in [4.69, 9.17) is 9.26 Å². The maximum Gasteiger partial charge on any atom is 0.339 e. The highest BCUT2D eigenvalue weighted by Gasteiger charge is 2.21. The van der Waals surface area contributed by atoms with Crippen LogP contribution in [-0.4, -0.2) is 28.6 Å². The minimum atomic E-state index is -0.968. The van der Waals surface area contributed by atoms with Crippen molar-refractivity contribution in [3.05, 3.63) is 77.2 Å². The lowest BCUT2D eigenvalue weighted by Crippen LogP contribution is -2.21. The van der Waals surface area contributed by atoms with Gasteiger partial charge < -0.3 is 14.6 Å². The van der Waals surface area contributed by atoms with Crippen LogP contribution in [0.25, 0.3) is 22.4 Å². The summed E-state index contributed by atoms with van der Waals surface area (Å²) in [5.41, 5.74) is 1.04. The van der Waals surface area contributed by atoms with Gasteiger partial charge in [-0.05, 0) is 49.4 Å². The Morgan fingerprint density at radius 3 is 2.47 bits per heavy atom. The second kappa shape index (κ2) is 8.50. The molecule has 162 valence electrons. The number of esters is 1. The van der Waals surface area contributed by atoms with Crippen LogP contribution in [-0.2, 0) is 9.53 Å². The van der Waals surface area contributed by atoms with Gasteiger partial charge in [-0.1, -0.05) is 5.16 Å². The van der Waals surface area contributed by atoms with Gasteiger partial charge in [0.2, 0.25) is 0 Å². The van der Waals surface area contributed by atoms with Crippen molar-refractivity contribution in [1.29, 1.82) is 0 Å². The number of amides is 1. The summed E-state index contributed by atoms with van der Waals surface area (Å²) in [6.07, 6.45) is 0. The number of carbonyl (C=O) groups is 2. The molecule has 1 amide bonds. The minimum absolute atomic E-state index is 0.0360. The zero-order valence-electron chi connectivity index (χ0n) is 16.5. The van der Waals surface area contributed by atoms with Gasteiger partial charge in [-0.25, -0.2) is 22.9 Å². The van der Waals surface area contributed by atoms with E-state index >= 15 is 0 Å². The SMILES string of the molecule is Cc1noc2nc(-c3ccc(F)cc3)cc(C(=O)OCC(=O)Nc3ccc(F)cc3F)c12. The lowest BCUT2D eigenvalue weighted by atomic mass is 10.1. The molecule has 2 aromatic heterocycles. The maximum atomic E-state index is 13.7. The lowest BCUT2D eigenvalue weighted by Gasteiger charge is -2.09. The number of pyridine rings is 1. The van der Waals surface area contributed by atoms with Crippen LogP contribution in [0.1, 0.15) is 16.1 Å². The third-order valence-electron chi connectivity index (χ3n) is 4.52. The summed E-state index contributed by atoms with van der Waals surface area (Å²) < 4.78 is 50.1. The Hall–Kier alpha value is -4.21. The van der Waals surface area contributed by atoms with Gasteiger partial charge in [0.15, 0.2) is 6.61 Å². The average molecular weight is 441 g/mol. The highest BCUT2D eigenvalue weighted by Crippen LogP contribution is 2.27. The molecule has 32 heavy (non-hydrogen) atoms. The molecule has 0 unspecified atom stereocenters. The number of carbonyl (C=O) groups excluding carboxylic acids is 2. The van der Waals surface area contributed by atoms with Crippen LogP contribution < -0.4 is 5.32 Å². The molecule has 7 nitrogen and oxygen atoms in total. The van der Waals surface area contributed by atoms with Crippen molar-refractivity contribution in [2.24, 2.45) is 0 Å². The van der Waals surface area contributed by atoms with Crippen LogP contribution in [0, 0.1) is 24.4 Å². The molecule has 0 aliphatic heterocycles.